The number of amides is 1. The van der Waals surface area contributed by atoms with Gasteiger partial charge in [-0.2, -0.15) is 0 Å². The summed E-state index contributed by atoms with van der Waals surface area (Å²) in [4.78, 5) is 15.3. The van der Waals surface area contributed by atoms with Gasteiger partial charge in [-0.1, -0.05) is 36.4 Å². The summed E-state index contributed by atoms with van der Waals surface area (Å²) < 4.78 is 25.6. The van der Waals surface area contributed by atoms with Crippen LogP contribution in [0, 0.1) is 0 Å². The number of fused-ring (bicyclic) bond motifs is 2. The maximum absolute atomic E-state index is 13.2. The molecule has 1 amide bonds. The van der Waals surface area contributed by atoms with Crippen molar-refractivity contribution in [2.75, 3.05) is 13.1 Å². The molecule has 0 spiro atoms. The van der Waals surface area contributed by atoms with Crippen LogP contribution in [-0.2, 0) is 15.6 Å². The average Bonchev–Trinajstić information content (AvgIpc) is 2.94. The molecule has 0 aromatic heterocycles. The van der Waals surface area contributed by atoms with Crippen molar-refractivity contribution in [1.29, 1.82) is 0 Å². The van der Waals surface area contributed by atoms with Crippen LogP contribution in [0.2, 0.25) is 0 Å². The molecule has 4 rings (SSSR count). The van der Waals surface area contributed by atoms with Gasteiger partial charge in [0.05, 0.1) is 10.6 Å². The molecule has 2 atom stereocenters. The van der Waals surface area contributed by atoms with Crippen molar-refractivity contribution in [2.24, 2.45) is 0 Å². The van der Waals surface area contributed by atoms with E-state index in [4.69, 9.17) is 0 Å². The zero-order valence-corrected chi connectivity index (χ0v) is 17.2. The fourth-order valence-corrected chi connectivity index (χ4v) is 5.55. The van der Waals surface area contributed by atoms with Crippen molar-refractivity contribution < 1.29 is 13.2 Å². The van der Waals surface area contributed by atoms with Crippen LogP contribution >= 0.6 is 12.4 Å². The van der Waals surface area contributed by atoms with Gasteiger partial charge in [-0.25, -0.2) is 8.42 Å². The van der Waals surface area contributed by atoms with E-state index in [0.717, 1.165) is 37.9 Å². The molecule has 2 aliphatic rings. The molecule has 5 nitrogen and oxygen atoms in total. The number of rotatable bonds is 4. The van der Waals surface area contributed by atoms with Crippen molar-refractivity contribution in [3.63, 3.8) is 0 Å². The molecule has 2 aliphatic heterocycles. The predicted molar refractivity (Wildman–Crippen MR) is 111 cm³/mol. The summed E-state index contributed by atoms with van der Waals surface area (Å²) in [6, 6.07) is 16.1. The monoisotopic (exact) mass is 420 g/mol. The Balaban J connectivity index is 0.00000225. The zero-order valence-electron chi connectivity index (χ0n) is 15.6. The molecular weight excluding hydrogens is 396 g/mol. The molecule has 0 aliphatic carbocycles. The molecule has 2 bridgehead atoms. The normalized spacial score (nSPS) is 21.6. The molecule has 150 valence electrons. The number of sulfone groups is 1. The van der Waals surface area contributed by atoms with E-state index in [2.05, 4.69) is 5.32 Å². The first-order valence-corrected chi connectivity index (χ1v) is 11.1. The van der Waals surface area contributed by atoms with Gasteiger partial charge in [0.1, 0.15) is 0 Å². The number of carbonyl (C=O) groups excluding carboxylic acids is 1. The third-order valence-electron chi connectivity index (χ3n) is 5.53. The highest BCUT2D eigenvalue weighted by molar-refractivity contribution is 7.90. The summed E-state index contributed by atoms with van der Waals surface area (Å²) in [5.41, 5.74) is 1.20. The maximum atomic E-state index is 13.2. The molecule has 1 N–H and O–H groups in total. The Bertz CT molecular complexity index is 920. The minimum Gasteiger partial charge on any atom is -0.331 e. The van der Waals surface area contributed by atoms with E-state index in [9.17, 15) is 13.2 Å². The second-order valence-electron chi connectivity index (χ2n) is 7.36. The van der Waals surface area contributed by atoms with Crippen molar-refractivity contribution in [2.45, 2.75) is 42.0 Å². The number of carbonyl (C=O) groups is 1. The Kier molecular flexibility index (Phi) is 6.43. The second kappa shape index (κ2) is 8.64. The minimum atomic E-state index is -3.50. The Labute approximate surface area is 172 Å². The summed E-state index contributed by atoms with van der Waals surface area (Å²) in [6.07, 6.45) is 2.99. The number of halogens is 1. The fraction of sp³-hybridized carbons (Fsp3) is 0.381. The first kappa shape index (κ1) is 20.8. The van der Waals surface area contributed by atoms with E-state index >= 15 is 0 Å². The number of nitrogens with one attached hydrogen (secondary N) is 1. The van der Waals surface area contributed by atoms with Gasteiger partial charge >= 0.3 is 0 Å². The van der Waals surface area contributed by atoms with Crippen LogP contribution in [0.15, 0.2) is 59.5 Å². The summed E-state index contributed by atoms with van der Waals surface area (Å²) in [7, 11) is -3.50. The van der Waals surface area contributed by atoms with E-state index in [-0.39, 0.29) is 41.0 Å². The van der Waals surface area contributed by atoms with Crippen LogP contribution in [0.1, 0.15) is 35.2 Å². The molecule has 2 aromatic rings. The zero-order chi connectivity index (χ0) is 18.9. The Morgan fingerprint density at radius 3 is 2.54 bits per heavy atom. The van der Waals surface area contributed by atoms with E-state index in [0.29, 0.717) is 5.56 Å². The molecule has 7 heteroatoms. The molecule has 2 unspecified atom stereocenters. The lowest BCUT2D eigenvalue weighted by Gasteiger charge is -2.28. The van der Waals surface area contributed by atoms with Crippen LogP contribution < -0.4 is 5.32 Å². The highest BCUT2D eigenvalue weighted by atomic mass is 35.5. The van der Waals surface area contributed by atoms with Gasteiger partial charge in [0.25, 0.3) is 5.91 Å². The highest BCUT2D eigenvalue weighted by Gasteiger charge is 2.38. The van der Waals surface area contributed by atoms with E-state index in [1.165, 1.54) is 0 Å². The minimum absolute atomic E-state index is 0. The Morgan fingerprint density at radius 1 is 1.00 bits per heavy atom. The SMILES string of the molecule is Cl.O=C(c1cccc(S(=O)(=O)Cc2ccccc2)c1)N1C2CCNCC1CC2. The quantitative estimate of drug-likeness (QED) is 0.825. The molecule has 2 saturated heterocycles. The van der Waals surface area contributed by atoms with Gasteiger partial charge in [0.2, 0.25) is 0 Å². The molecular formula is C21H25ClN2O3S. The molecule has 0 radical (unpaired) electrons. The van der Waals surface area contributed by atoms with Gasteiger partial charge in [0, 0.05) is 24.2 Å². The van der Waals surface area contributed by atoms with Gasteiger partial charge in [-0.05, 0) is 49.6 Å². The third kappa shape index (κ3) is 4.24. The van der Waals surface area contributed by atoms with Gasteiger partial charge in [0.15, 0.2) is 9.84 Å². The van der Waals surface area contributed by atoms with Crippen LogP contribution in [0.5, 0.6) is 0 Å². The summed E-state index contributed by atoms with van der Waals surface area (Å²) in [5.74, 6) is -0.118. The Morgan fingerprint density at radius 2 is 1.75 bits per heavy atom. The summed E-state index contributed by atoms with van der Waals surface area (Å²) >= 11 is 0. The van der Waals surface area contributed by atoms with E-state index in [1.807, 2.05) is 23.1 Å². The fourth-order valence-electron chi connectivity index (χ4n) is 4.16. The largest absolute Gasteiger partial charge is 0.331 e. The topological polar surface area (TPSA) is 66.5 Å². The number of benzene rings is 2. The van der Waals surface area contributed by atoms with Crippen LogP contribution in [0.3, 0.4) is 0 Å². The van der Waals surface area contributed by atoms with Crippen molar-refractivity contribution in [3.05, 3.63) is 65.7 Å². The first-order chi connectivity index (χ1) is 13.0. The lowest BCUT2D eigenvalue weighted by Crippen LogP contribution is -2.42. The standard InChI is InChI=1S/C21H24N2O3S.ClH/c24-21(23-18-9-10-19(23)14-22-12-11-18)17-7-4-8-20(13-17)27(25,26)15-16-5-2-1-3-6-16;/h1-8,13,18-19,22H,9-12,14-15H2;1H. The highest BCUT2D eigenvalue weighted by Crippen LogP contribution is 2.30. The van der Waals surface area contributed by atoms with E-state index < -0.39 is 9.84 Å². The van der Waals surface area contributed by atoms with Gasteiger partial charge < -0.3 is 10.2 Å². The second-order valence-corrected chi connectivity index (χ2v) is 9.35. The summed E-state index contributed by atoms with van der Waals surface area (Å²) in [5, 5.41) is 3.39. The number of nitrogens with zero attached hydrogens (tertiary/aromatic N) is 1. The first-order valence-electron chi connectivity index (χ1n) is 9.45. The number of hydrogen-bond donors (Lipinski definition) is 1. The van der Waals surface area contributed by atoms with Gasteiger partial charge in [-0.15, -0.1) is 12.4 Å². The molecule has 2 fully saturated rings. The van der Waals surface area contributed by atoms with Gasteiger partial charge in [-0.3, -0.25) is 4.79 Å². The molecule has 0 saturated carbocycles. The molecule has 2 aromatic carbocycles. The van der Waals surface area contributed by atoms with Crippen molar-refractivity contribution in [1.82, 2.24) is 10.2 Å². The van der Waals surface area contributed by atoms with Crippen LogP contribution in [-0.4, -0.2) is 44.4 Å². The third-order valence-corrected chi connectivity index (χ3v) is 7.21. The summed E-state index contributed by atoms with van der Waals surface area (Å²) in [6.45, 7) is 1.74. The van der Waals surface area contributed by atoms with Crippen LogP contribution in [0.25, 0.3) is 0 Å². The molecule has 2 heterocycles. The van der Waals surface area contributed by atoms with Crippen molar-refractivity contribution >= 4 is 28.2 Å². The Hall–Kier alpha value is -1.89. The predicted octanol–water partition coefficient (Wildman–Crippen LogP) is 3.05. The lowest BCUT2D eigenvalue weighted by molar-refractivity contribution is 0.0680. The lowest BCUT2D eigenvalue weighted by atomic mass is 10.1. The molecule has 28 heavy (non-hydrogen) atoms. The average molecular weight is 421 g/mol. The number of hydrogen-bond acceptors (Lipinski definition) is 4. The van der Waals surface area contributed by atoms with E-state index in [1.54, 1.807) is 36.4 Å². The van der Waals surface area contributed by atoms with Crippen LogP contribution in [0.4, 0.5) is 0 Å². The smallest absolute Gasteiger partial charge is 0.254 e. The van der Waals surface area contributed by atoms with Crippen molar-refractivity contribution in [3.8, 4) is 0 Å². The maximum Gasteiger partial charge on any atom is 0.254 e.